The molecule has 0 atom stereocenters. The standard InChI is InChI=1S/C11H17N3O3S/c1-14-8-10(7-12-14)18(16,17)13-11(15)6-9-4-2-3-5-9/h7-9H,2-6H2,1H3,(H,13,15). The van der Waals surface area contributed by atoms with Gasteiger partial charge in [0.05, 0.1) is 6.20 Å². The second-order valence-corrected chi connectivity index (χ2v) is 6.42. The van der Waals surface area contributed by atoms with E-state index in [1.54, 1.807) is 7.05 Å². The van der Waals surface area contributed by atoms with E-state index in [0.717, 1.165) is 25.7 Å². The number of amides is 1. The molecular formula is C11H17N3O3S. The third-order valence-corrected chi connectivity index (χ3v) is 4.52. The highest BCUT2D eigenvalue weighted by Crippen LogP contribution is 2.27. The molecule has 0 radical (unpaired) electrons. The predicted molar refractivity (Wildman–Crippen MR) is 65.1 cm³/mol. The highest BCUT2D eigenvalue weighted by atomic mass is 32.2. The molecule has 1 amide bonds. The molecule has 0 spiro atoms. The number of rotatable bonds is 4. The first kappa shape index (κ1) is 13.1. The van der Waals surface area contributed by atoms with Crippen molar-refractivity contribution in [2.24, 2.45) is 13.0 Å². The van der Waals surface area contributed by atoms with Crippen LogP contribution in [0, 0.1) is 5.92 Å². The summed E-state index contributed by atoms with van der Waals surface area (Å²) in [6, 6.07) is 0. The lowest BCUT2D eigenvalue weighted by Gasteiger charge is -2.09. The van der Waals surface area contributed by atoms with Gasteiger partial charge in [-0.1, -0.05) is 12.8 Å². The molecule has 0 aliphatic heterocycles. The smallest absolute Gasteiger partial charge is 0.267 e. The Morgan fingerprint density at radius 3 is 2.72 bits per heavy atom. The highest BCUT2D eigenvalue weighted by molar-refractivity contribution is 7.90. The Bertz CT molecular complexity index is 529. The van der Waals surface area contributed by atoms with Crippen LogP contribution in [0.15, 0.2) is 17.3 Å². The van der Waals surface area contributed by atoms with Crippen LogP contribution in [0.3, 0.4) is 0 Å². The van der Waals surface area contributed by atoms with Crippen LogP contribution in [0.2, 0.25) is 0 Å². The predicted octanol–water partition coefficient (Wildman–Crippen LogP) is 0.805. The minimum Gasteiger partial charge on any atom is -0.274 e. The lowest BCUT2D eigenvalue weighted by Crippen LogP contribution is -2.31. The van der Waals surface area contributed by atoms with Crippen molar-refractivity contribution in [2.45, 2.75) is 37.0 Å². The van der Waals surface area contributed by atoms with Crippen LogP contribution in [0.4, 0.5) is 0 Å². The fraction of sp³-hybridized carbons (Fsp3) is 0.636. The van der Waals surface area contributed by atoms with Crippen LogP contribution in [0.1, 0.15) is 32.1 Å². The third kappa shape index (κ3) is 3.10. The fourth-order valence-electron chi connectivity index (χ4n) is 2.26. The summed E-state index contributed by atoms with van der Waals surface area (Å²) < 4.78 is 27.2. The van der Waals surface area contributed by atoms with Gasteiger partial charge in [-0.05, 0) is 18.8 Å². The van der Waals surface area contributed by atoms with Crippen LogP contribution >= 0.6 is 0 Å². The number of carbonyl (C=O) groups is 1. The number of aromatic nitrogens is 2. The molecule has 18 heavy (non-hydrogen) atoms. The number of hydrogen-bond acceptors (Lipinski definition) is 4. The SMILES string of the molecule is Cn1cc(S(=O)(=O)NC(=O)CC2CCCC2)cn1. The lowest BCUT2D eigenvalue weighted by molar-refractivity contribution is -0.120. The van der Waals surface area contributed by atoms with E-state index < -0.39 is 15.9 Å². The Labute approximate surface area is 106 Å². The molecule has 100 valence electrons. The maximum Gasteiger partial charge on any atom is 0.267 e. The van der Waals surface area contributed by atoms with Gasteiger partial charge in [0.1, 0.15) is 4.90 Å². The Morgan fingerprint density at radius 1 is 1.50 bits per heavy atom. The van der Waals surface area contributed by atoms with Crippen LogP contribution < -0.4 is 4.72 Å². The van der Waals surface area contributed by atoms with E-state index in [1.165, 1.54) is 17.1 Å². The molecule has 1 N–H and O–H groups in total. The second-order valence-electron chi connectivity index (χ2n) is 4.73. The minimum atomic E-state index is -3.76. The monoisotopic (exact) mass is 271 g/mol. The van der Waals surface area contributed by atoms with Crippen molar-refractivity contribution in [2.75, 3.05) is 0 Å². The Morgan fingerprint density at radius 2 is 2.17 bits per heavy atom. The first-order valence-electron chi connectivity index (χ1n) is 6.01. The zero-order chi connectivity index (χ0) is 13.2. The third-order valence-electron chi connectivity index (χ3n) is 3.19. The average molecular weight is 271 g/mol. The van der Waals surface area contributed by atoms with E-state index in [4.69, 9.17) is 0 Å². The quantitative estimate of drug-likeness (QED) is 0.878. The van der Waals surface area contributed by atoms with Gasteiger partial charge in [-0.15, -0.1) is 0 Å². The molecule has 0 bridgehead atoms. The second kappa shape index (κ2) is 5.09. The summed E-state index contributed by atoms with van der Waals surface area (Å²) in [5, 5.41) is 3.78. The van der Waals surface area contributed by atoms with E-state index in [9.17, 15) is 13.2 Å². The average Bonchev–Trinajstić information content (AvgIpc) is 2.88. The minimum absolute atomic E-state index is 0.0183. The van der Waals surface area contributed by atoms with Crippen molar-refractivity contribution in [3.05, 3.63) is 12.4 Å². The number of nitrogens with zero attached hydrogens (tertiary/aromatic N) is 2. The molecule has 1 aromatic rings. The first-order valence-corrected chi connectivity index (χ1v) is 7.50. The molecule has 0 unspecified atom stereocenters. The summed E-state index contributed by atoms with van der Waals surface area (Å²) in [7, 11) is -2.14. The summed E-state index contributed by atoms with van der Waals surface area (Å²) in [4.78, 5) is 11.7. The van der Waals surface area contributed by atoms with Crippen LogP contribution in [0.5, 0.6) is 0 Å². The maximum atomic E-state index is 11.8. The van der Waals surface area contributed by atoms with Gasteiger partial charge in [0.15, 0.2) is 0 Å². The summed E-state index contributed by atoms with van der Waals surface area (Å²) in [5.41, 5.74) is 0. The van der Waals surface area contributed by atoms with Gasteiger partial charge in [-0.3, -0.25) is 9.48 Å². The summed E-state index contributed by atoms with van der Waals surface area (Å²) in [5.74, 6) is -0.0974. The number of sulfonamides is 1. The van der Waals surface area contributed by atoms with Crippen molar-refractivity contribution in [3.8, 4) is 0 Å². The van der Waals surface area contributed by atoms with Crippen molar-refractivity contribution in [3.63, 3.8) is 0 Å². The molecule has 2 rings (SSSR count). The highest BCUT2D eigenvalue weighted by Gasteiger charge is 2.23. The van der Waals surface area contributed by atoms with Gasteiger partial charge < -0.3 is 0 Å². The molecule has 1 fully saturated rings. The van der Waals surface area contributed by atoms with Crippen molar-refractivity contribution >= 4 is 15.9 Å². The molecule has 6 nitrogen and oxygen atoms in total. The van der Waals surface area contributed by atoms with E-state index in [1.807, 2.05) is 0 Å². The van der Waals surface area contributed by atoms with Gasteiger partial charge in [0, 0.05) is 19.7 Å². The van der Waals surface area contributed by atoms with Crippen molar-refractivity contribution in [1.82, 2.24) is 14.5 Å². The molecular weight excluding hydrogens is 254 g/mol. The molecule has 0 aromatic carbocycles. The normalized spacial score (nSPS) is 16.9. The largest absolute Gasteiger partial charge is 0.274 e. The van der Waals surface area contributed by atoms with E-state index in [0.29, 0.717) is 12.3 Å². The van der Waals surface area contributed by atoms with Crippen molar-refractivity contribution < 1.29 is 13.2 Å². The molecule has 0 saturated heterocycles. The van der Waals surface area contributed by atoms with Crippen LogP contribution in [-0.4, -0.2) is 24.1 Å². The first-order chi connectivity index (χ1) is 8.47. The Hall–Kier alpha value is -1.37. The van der Waals surface area contributed by atoms with Gasteiger partial charge >= 0.3 is 0 Å². The van der Waals surface area contributed by atoms with Gasteiger partial charge in [-0.2, -0.15) is 5.10 Å². The molecule has 1 saturated carbocycles. The zero-order valence-corrected chi connectivity index (χ0v) is 11.1. The number of nitrogens with one attached hydrogen (secondary N) is 1. The van der Waals surface area contributed by atoms with Gasteiger partial charge in [0.2, 0.25) is 5.91 Å². The lowest BCUT2D eigenvalue weighted by atomic mass is 10.0. The zero-order valence-electron chi connectivity index (χ0n) is 10.3. The number of aryl methyl sites for hydroxylation is 1. The van der Waals surface area contributed by atoms with Crippen LogP contribution in [-0.2, 0) is 21.9 Å². The van der Waals surface area contributed by atoms with E-state index >= 15 is 0 Å². The fourth-order valence-corrected chi connectivity index (χ4v) is 3.24. The summed E-state index contributed by atoms with van der Waals surface area (Å²) >= 11 is 0. The van der Waals surface area contributed by atoms with Crippen LogP contribution in [0.25, 0.3) is 0 Å². The summed E-state index contributed by atoms with van der Waals surface area (Å²) in [6.07, 6.45) is 7.18. The molecule has 1 aromatic heterocycles. The molecule has 1 heterocycles. The number of hydrogen-bond donors (Lipinski definition) is 1. The molecule has 1 aliphatic rings. The molecule has 1 aliphatic carbocycles. The van der Waals surface area contributed by atoms with Gasteiger partial charge in [-0.25, -0.2) is 13.1 Å². The maximum absolute atomic E-state index is 11.8. The summed E-state index contributed by atoms with van der Waals surface area (Å²) in [6.45, 7) is 0. The topological polar surface area (TPSA) is 81.1 Å². The van der Waals surface area contributed by atoms with Gasteiger partial charge in [0.25, 0.3) is 10.0 Å². The van der Waals surface area contributed by atoms with E-state index in [2.05, 4.69) is 9.82 Å². The van der Waals surface area contributed by atoms with Crippen molar-refractivity contribution in [1.29, 1.82) is 0 Å². The molecule has 7 heteroatoms. The Balaban J connectivity index is 1.97. The van der Waals surface area contributed by atoms with E-state index in [-0.39, 0.29) is 4.90 Å². The number of carbonyl (C=O) groups excluding carboxylic acids is 1. The Kier molecular flexibility index (Phi) is 3.70.